The van der Waals surface area contributed by atoms with Gasteiger partial charge in [-0.15, -0.1) is 0 Å². The van der Waals surface area contributed by atoms with Gasteiger partial charge in [0.15, 0.2) is 0 Å². The average molecular weight is 183 g/mol. The van der Waals surface area contributed by atoms with Gasteiger partial charge < -0.3 is 10.2 Å². The molecule has 0 rings (SSSR count). The molecule has 1 N–H and O–H groups in total. The number of rotatable bonds is 5. The van der Waals surface area contributed by atoms with Crippen molar-refractivity contribution in [2.24, 2.45) is 0 Å². The van der Waals surface area contributed by atoms with Crippen LogP contribution in [0.15, 0.2) is 0 Å². The van der Waals surface area contributed by atoms with Gasteiger partial charge in [0.1, 0.15) is 6.42 Å². The van der Waals surface area contributed by atoms with Gasteiger partial charge in [-0.05, 0) is 20.9 Å². The predicted octanol–water partition coefficient (Wildman–Crippen LogP) is 0.356. The molecule has 0 aromatic rings. The number of likely N-dealkylation sites (N-methyl/N-ethyl adjacent to an activating group) is 1. The lowest BCUT2D eigenvalue weighted by molar-refractivity contribution is -0.120. The second kappa shape index (κ2) is 6.44. The summed E-state index contributed by atoms with van der Waals surface area (Å²) in [6.07, 6.45) is -0.0502. The van der Waals surface area contributed by atoms with Crippen molar-refractivity contribution in [2.45, 2.75) is 26.3 Å². The second-order valence-electron chi connectivity index (χ2n) is 3.26. The fourth-order valence-corrected chi connectivity index (χ4v) is 0.764. The van der Waals surface area contributed by atoms with Crippen LogP contribution in [-0.2, 0) is 4.79 Å². The molecule has 1 amide bonds. The van der Waals surface area contributed by atoms with Crippen molar-refractivity contribution in [3.8, 4) is 6.07 Å². The van der Waals surface area contributed by atoms with Gasteiger partial charge in [0, 0.05) is 19.1 Å². The molecule has 0 saturated carbocycles. The Morgan fingerprint density at radius 2 is 2.23 bits per heavy atom. The van der Waals surface area contributed by atoms with E-state index in [0.717, 1.165) is 6.54 Å². The Bertz CT molecular complexity index is 196. The summed E-state index contributed by atoms with van der Waals surface area (Å²) in [6.45, 7) is 5.61. The van der Waals surface area contributed by atoms with Crippen molar-refractivity contribution in [3.05, 3.63) is 0 Å². The molecule has 0 aliphatic rings. The highest BCUT2D eigenvalue weighted by atomic mass is 16.1. The van der Waals surface area contributed by atoms with Gasteiger partial charge in [-0.1, -0.05) is 0 Å². The van der Waals surface area contributed by atoms with Gasteiger partial charge in [0.25, 0.3) is 0 Å². The Kier molecular flexibility index (Phi) is 5.90. The Labute approximate surface area is 79.5 Å². The van der Waals surface area contributed by atoms with Gasteiger partial charge in [-0.3, -0.25) is 4.79 Å². The molecule has 0 aliphatic carbocycles. The molecule has 0 bridgehead atoms. The van der Waals surface area contributed by atoms with E-state index in [2.05, 4.69) is 24.1 Å². The number of carbonyl (C=O) groups is 1. The molecule has 13 heavy (non-hydrogen) atoms. The number of carbonyl (C=O) groups excluding carboxylic acids is 1. The van der Waals surface area contributed by atoms with Crippen molar-refractivity contribution in [1.29, 1.82) is 5.26 Å². The number of hydrogen-bond acceptors (Lipinski definition) is 3. The van der Waals surface area contributed by atoms with E-state index in [-0.39, 0.29) is 12.3 Å². The molecule has 0 aromatic carbocycles. The van der Waals surface area contributed by atoms with Crippen LogP contribution in [0.2, 0.25) is 0 Å². The number of nitrogens with zero attached hydrogens (tertiary/aromatic N) is 2. The molecular weight excluding hydrogens is 166 g/mol. The predicted molar refractivity (Wildman–Crippen MR) is 51.0 cm³/mol. The third-order valence-corrected chi connectivity index (χ3v) is 1.91. The van der Waals surface area contributed by atoms with Crippen LogP contribution < -0.4 is 5.32 Å². The molecule has 0 spiro atoms. The smallest absolute Gasteiger partial charge is 0.234 e. The van der Waals surface area contributed by atoms with Gasteiger partial charge in [0.2, 0.25) is 5.91 Å². The van der Waals surface area contributed by atoms with E-state index in [1.54, 1.807) is 6.07 Å². The SMILES string of the molecule is CC(C)N(C)CCNC(=O)CC#N. The zero-order valence-electron chi connectivity index (χ0n) is 8.50. The Hall–Kier alpha value is -1.08. The lowest BCUT2D eigenvalue weighted by Gasteiger charge is -2.20. The Morgan fingerprint density at radius 3 is 2.69 bits per heavy atom. The molecule has 4 nitrogen and oxygen atoms in total. The van der Waals surface area contributed by atoms with E-state index in [9.17, 15) is 4.79 Å². The largest absolute Gasteiger partial charge is 0.354 e. The van der Waals surface area contributed by atoms with E-state index in [1.807, 2.05) is 7.05 Å². The van der Waals surface area contributed by atoms with Crippen LogP contribution in [0.5, 0.6) is 0 Å². The summed E-state index contributed by atoms with van der Waals surface area (Å²) in [5, 5.41) is 10.9. The van der Waals surface area contributed by atoms with E-state index in [4.69, 9.17) is 5.26 Å². The van der Waals surface area contributed by atoms with Gasteiger partial charge in [-0.25, -0.2) is 0 Å². The van der Waals surface area contributed by atoms with Crippen LogP contribution in [-0.4, -0.2) is 37.0 Å². The highest BCUT2D eigenvalue weighted by Crippen LogP contribution is 1.90. The summed E-state index contributed by atoms with van der Waals surface area (Å²) in [7, 11) is 2.00. The molecule has 0 unspecified atom stereocenters. The topological polar surface area (TPSA) is 56.1 Å². The van der Waals surface area contributed by atoms with Crippen molar-refractivity contribution in [1.82, 2.24) is 10.2 Å². The molecule has 0 heterocycles. The lowest BCUT2D eigenvalue weighted by Crippen LogP contribution is -2.35. The first-order valence-electron chi connectivity index (χ1n) is 4.41. The highest BCUT2D eigenvalue weighted by molar-refractivity contribution is 5.77. The van der Waals surface area contributed by atoms with Crippen LogP contribution in [0.25, 0.3) is 0 Å². The zero-order valence-corrected chi connectivity index (χ0v) is 8.50. The molecule has 4 heteroatoms. The van der Waals surface area contributed by atoms with Crippen molar-refractivity contribution in [3.63, 3.8) is 0 Å². The molecular formula is C9H17N3O. The van der Waals surface area contributed by atoms with Crippen molar-refractivity contribution in [2.75, 3.05) is 20.1 Å². The number of nitriles is 1. The minimum absolute atomic E-state index is 0.0502. The monoisotopic (exact) mass is 183 g/mol. The molecule has 0 radical (unpaired) electrons. The summed E-state index contributed by atoms with van der Waals surface area (Å²) < 4.78 is 0. The molecule has 0 aliphatic heterocycles. The van der Waals surface area contributed by atoms with Crippen LogP contribution in [0.4, 0.5) is 0 Å². The summed E-state index contributed by atoms with van der Waals surface area (Å²) >= 11 is 0. The minimum Gasteiger partial charge on any atom is -0.354 e. The number of nitrogens with one attached hydrogen (secondary N) is 1. The average Bonchev–Trinajstić information content (AvgIpc) is 2.04. The summed E-state index contributed by atoms with van der Waals surface area (Å²) in [5.41, 5.74) is 0. The lowest BCUT2D eigenvalue weighted by atomic mass is 10.3. The third kappa shape index (κ3) is 6.12. The number of amides is 1. The fraction of sp³-hybridized carbons (Fsp3) is 0.778. The Balaban J connectivity index is 3.46. The van der Waals surface area contributed by atoms with E-state index in [0.29, 0.717) is 12.6 Å². The van der Waals surface area contributed by atoms with Crippen molar-refractivity contribution < 1.29 is 4.79 Å². The maximum absolute atomic E-state index is 10.8. The van der Waals surface area contributed by atoms with Crippen LogP contribution in [0.3, 0.4) is 0 Å². The highest BCUT2D eigenvalue weighted by Gasteiger charge is 2.03. The Morgan fingerprint density at radius 1 is 1.62 bits per heavy atom. The first-order valence-corrected chi connectivity index (χ1v) is 4.41. The third-order valence-electron chi connectivity index (χ3n) is 1.91. The summed E-state index contributed by atoms with van der Waals surface area (Å²) in [5.74, 6) is -0.195. The first kappa shape index (κ1) is 11.9. The molecule has 0 atom stereocenters. The zero-order chi connectivity index (χ0) is 10.3. The minimum atomic E-state index is -0.195. The molecule has 0 fully saturated rings. The second-order valence-corrected chi connectivity index (χ2v) is 3.26. The summed E-state index contributed by atoms with van der Waals surface area (Å²) in [6, 6.07) is 2.28. The molecule has 74 valence electrons. The standard InChI is InChI=1S/C9H17N3O/c1-8(2)12(3)7-6-11-9(13)4-5-10/h8H,4,6-7H2,1-3H3,(H,11,13). The van der Waals surface area contributed by atoms with Gasteiger partial charge in [0.05, 0.1) is 6.07 Å². The molecule has 0 saturated heterocycles. The van der Waals surface area contributed by atoms with Crippen LogP contribution >= 0.6 is 0 Å². The van der Waals surface area contributed by atoms with Crippen molar-refractivity contribution >= 4 is 5.91 Å². The number of hydrogen-bond donors (Lipinski definition) is 1. The van der Waals surface area contributed by atoms with E-state index < -0.39 is 0 Å². The van der Waals surface area contributed by atoms with Gasteiger partial charge >= 0.3 is 0 Å². The van der Waals surface area contributed by atoms with E-state index >= 15 is 0 Å². The maximum Gasteiger partial charge on any atom is 0.234 e. The van der Waals surface area contributed by atoms with Crippen LogP contribution in [0.1, 0.15) is 20.3 Å². The van der Waals surface area contributed by atoms with Gasteiger partial charge in [-0.2, -0.15) is 5.26 Å². The summed E-state index contributed by atoms with van der Waals surface area (Å²) in [4.78, 5) is 13.0. The van der Waals surface area contributed by atoms with Crippen LogP contribution in [0, 0.1) is 11.3 Å². The van der Waals surface area contributed by atoms with E-state index in [1.165, 1.54) is 0 Å². The normalized spacial score (nSPS) is 10.2. The molecule has 0 aromatic heterocycles. The quantitative estimate of drug-likeness (QED) is 0.669. The maximum atomic E-state index is 10.8. The first-order chi connectivity index (χ1) is 6.07. The fourth-order valence-electron chi connectivity index (χ4n) is 0.764.